The summed E-state index contributed by atoms with van der Waals surface area (Å²) in [6, 6.07) is -0.702. The van der Waals surface area contributed by atoms with Gasteiger partial charge in [-0.1, -0.05) is 0 Å². The molecule has 0 aromatic heterocycles. The number of aliphatic hydroxyl groups is 1. The van der Waals surface area contributed by atoms with Crippen LogP contribution in [0.5, 0.6) is 0 Å². The number of carbonyl (C=O) groups is 3. The average molecular weight is 384 g/mol. The second-order valence-electron chi connectivity index (χ2n) is 6.62. The number of esters is 3. The number of aliphatic hydroxyl groups excluding tert-OH is 1. The summed E-state index contributed by atoms with van der Waals surface area (Å²) in [7, 11) is 5.35. The van der Waals surface area contributed by atoms with E-state index < -0.39 is 48.6 Å². The highest BCUT2D eigenvalue weighted by molar-refractivity contribution is 5.67. The van der Waals surface area contributed by atoms with E-state index in [2.05, 4.69) is 0 Å². The van der Waals surface area contributed by atoms with E-state index in [-0.39, 0.29) is 23.5 Å². The summed E-state index contributed by atoms with van der Waals surface area (Å²) in [6.45, 7) is 3.41. The lowest BCUT2D eigenvalue weighted by molar-refractivity contribution is -0.909. The largest absolute Gasteiger partial charge is 1.00 e. The molecule has 0 amide bonds. The maximum atomic E-state index is 11.5. The Kier molecular flexibility index (Phi) is 8.80. The van der Waals surface area contributed by atoms with Gasteiger partial charge in [0.15, 0.2) is 18.2 Å². The molecule has 1 N–H and O–H groups in total. The molecule has 10 heteroatoms. The standard InChI is InChI=1S/C15H26NO8.ClH/c1-8(17)21-7-11-13(22-9(2)18)14(23-10(3)19)12(15(20)24-11)16(4,5)6;/h11-15,20H,7H2,1-6H3;1H/q+1;/p-1/t11-,12-,13-,14-,15+;/m1./s1. The van der Waals surface area contributed by atoms with E-state index in [0.29, 0.717) is 0 Å². The summed E-state index contributed by atoms with van der Waals surface area (Å²) in [6.07, 6.45) is -4.24. The summed E-state index contributed by atoms with van der Waals surface area (Å²) in [4.78, 5) is 34.0. The van der Waals surface area contributed by atoms with Crippen LogP contribution in [-0.2, 0) is 33.3 Å². The molecule has 1 aliphatic rings. The van der Waals surface area contributed by atoms with Gasteiger partial charge in [-0.25, -0.2) is 0 Å². The van der Waals surface area contributed by atoms with Crippen molar-refractivity contribution in [1.29, 1.82) is 0 Å². The monoisotopic (exact) mass is 383 g/mol. The normalized spacial score (nSPS) is 29.2. The molecule has 1 heterocycles. The van der Waals surface area contributed by atoms with Crippen LogP contribution >= 0.6 is 0 Å². The number of hydrogen-bond donors (Lipinski definition) is 1. The number of rotatable bonds is 5. The molecule has 1 aliphatic heterocycles. The van der Waals surface area contributed by atoms with Crippen LogP contribution in [-0.4, -0.2) is 85.9 Å². The summed E-state index contributed by atoms with van der Waals surface area (Å²) >= 11 is 0. The lowest BCUT2D eigenvalue weighted by Crippen LogP contribution is -3.00. The Morgan fingerprint density at radius 3 is 1.84 bits per heavy atom. The molecule has 0 bridgehead atoms. The van der Waals surface area contributed by atoms with Crippen molar-refractivity contribution in [2.75, 3.05) is 27.7 Å². The minimum Gasteiger partial charge on any atom is -1.00 e. The molecule has 0 aromatic rings. The highest BCUT2D eigenvalue weighted by Crippen LogP contribution is 2.30. The van der Waals surface area contributed by atoms with Crippen LogP contribution in [0.2, 0.25) is 0 Å². The van der Waals surface area contributed by atoms with Gasteiger partial charge in [-0.05, 0) is 0 Å². The maximum absolute atomic E-state index is 11.5. The summed E-state index contributed by atoms with van der Waals surface area (Å²) in [5, 5.41) is 10.4. The van der Waals surface area contributed by atoms with Gasteiger partial charge < -0.3 is 40.9 Å². The van der Waals surface area contributed by atoms with Gasteiger partial charge >= 0.3 is 17.9 Å². The molecule has 0 aliphatic carbocycles. The van der Waals surface area contributed by atoms with Crippen molar-refractivity contribution in [2.24, 2.45) is 0 Å². The van der Waals surface area contributed by atoms with E-state index in [1.165, 1.54) is 20.8 Å². The second-order valence-corrected chi connectivity index (χ2v) is 6.62. The molecule has 25 heavy (non-hydrogen) atoms. The Labute approximate surface area is 153 Å². The van der Waals surface area contributed by atoms with Gasteiger partial charge in [-0.2, -0.15) is 0 Å². The summed E-state index contributed by atoms with van der Waals surface area (Å²) in [5.74, 6) is -1.74. The summed E-state index contributed by atoms with van der Waals surface area (Å²) < 4.78 is 21.2. The molecule has 1 fully saturated rings. The highest BCUT2D eigenvalue weighted by Gasteiger charge is 2.55. The van der Waals surface area contributed by atoms with Crippen molar-refractivity contribution in [3.63, 3.8) is 0 Å². The molecule has 0 radical (unpaired) electrons. The van der Waals surface area contributed by atoms with Gasteiger partial charge in [-0.3, -0.25) is 14.4 Å². The lowest BCUT2D eigenvalue weighted by atomic mass is 9.94. The number of hydrogen-bond acceptors (Lipinski definition) is 8. The molecule has 0 saturated carbocycles. The Morgan fingerprint density at radius 2 is 1.44 bits per heavy atom. The predicted octanol–water partition coefficient (Wildman–Crippen LogP) is -3.79. The number of likely N-dealkylation sites (N-methyl/N-ethyl adjacent to an activating group) is 1. The van der Waals surface area contributed by atoms with Gasteiger partial charge in [0, 0.05) is 20.8 Å². The van der Waals surface area contributed by atoms with E-state index in [1.807, 2.05) is 0 Å². The smallest absolute Gasteiger partial charge is 0.303 e. The Morgan fingerprint density at radius 1 is 0.960 bits per heavy atom. The number of carbonyl (C=O) groups excluding carboxylic acids is 3. The molecule has 0 unspecified atom stereocenters. The Bertz CT molecular complexity index is 492. The first-order chi connectivity index (χ1) is 10.9. The van der Waals surface area contributed by atoms with Crippen molar-refractivity contribution in [1.82, 2.24) is 0 Å². The average Bonchev–Trinajstić information content (AvgIpc) is 2.36. The van der Waals surface area contributed by atoms with Crippen LogP contribution in [0, 0.1) is 0 Å². The third-order valence-corrected chi connectivity index (χ3v) is 3.58. The molecule has 1 rings (SSSR count). The van der Waals surface area contributed by atoms with E-state index in [0.717, 1.165) is 0 Å². The Hall–Kier alpha value is -1.42. The van der Waals surface area contributed by atoms with E-state index >= 15 is 0 Å². The lowest BCUT2D eigenvalue weighted by Gasteiger charge is -2.48. The quantitative estimate of drug-likeness (QED) is 0.292. The highest BCUT2D eigenvalue weighted by atomic mass is 35.5. The fourth-order valence-electron chi connectivity index (χ4n) is 2.73. The molecule has 9 nitrogen and oxygen atoms in total. The van der Waals surface area contributed by atoms with Gasteiger partial charge in [-0.15, -0.1) is 0 Å². The van der Waals surface area contributed by atoms with Gasteiger partial charge in [0.1, 0.15) is 12.7 Å². The first-order valence-electron chi connectivity index (χ1n) is 7.56. The van der Waals surface area contributed by atoms with E-state index in [1.54, 1.807) is 21.1 Å². The zero-order valence-electron chi connectivity index (χ0n) is 15.2. The minimum atomic E-state index is -1.30. The number of halogens is 1. The fourth-order valence-corrected chi connectivity index (χ4v) is 2.73. The molecule has 5 atom stereocenters. The number of quaternary nitrogens is 1. The topological polar surface area (TPSA) is 108 Å². The van der Waals surface area contributed by atoms with Crippen molar-refractivity contribution >= 4 is 17.9 Å². The van der Waals surface area contributed by atoms with Crippen LogP contribution in [0.4, 0.5) is 0 Å². The van der Waals surface area contributed by atoms with E-state index in [4.69, 9.17) is 18.9 Å². The number of ether oxygens (including phenoxy) is 4. The fraction of sp³-hybridized carbons (Fsp3) is 0.800. The van der Waals surface area contributed by atoms with Gasteiger partial charge in [0.25, 0.3) is 0 Å². The van der Waals surface area contributed by atoms with Crippen LogP contribution in [0.15, 0.2) is 0 Å². The van der Waals surface area contributed by atoms with Gasteiger partial charge in [0.05, 0.1) is 21.1 Å². The molecule has 1 saturated heterocycles. The van der Waals surface area contributed by atoms with E-state index in [9.17, 15) is 19.5 Å². The first-order valence-corrected chi connectivity index (χ1v) is 7.56. The predicted molar refractivity (Wildman–Crippen MR) is 80.4 cm³/mol. The van der Waals surface area contributed by atoms with Crippen molar-refractivity contribution in [3.05, 3.63) is 0 Å². The van der Waals surface area contributed by atoms with Crippen LogP contribution in [0.1, 0.15) is 20.8 Å². The molecular formula is C15H26ClNO8. The third-order valence-electron chi connectivity index (χ3n) is 3.58. The number of nitrogens with zero attached hydrogens (tertiary/aromatic N) is 1. The maximum Gasteiger partial charge on any atom is 0.303 e. The zero-order valence-corrected chi connectivity index (χ0v) is 16.0. The molecule has 146 valence electrons. The zero-order chi connectivity index (χ0) is 18.7. The van der Waals surface area contributed by atoms with Gasteiger partial charge in [0.2, 0.25) is 6.29 Å². The van der Waals surface area contributed by atoms with Crippen molar-refractivity contribution < 1.29 is 55.3 Å². The van der Waals surface area contributed by atoms with Crippen LogP contribution in [0.25, 0.3) is 0 Å². The minimum absolute atomic E-state index is 0. The summed E-state index contributed by atoms with van der Waals surface area (Å²) in [5.41, 5.74) is 0. The molecular weight excluding hydrogens is 358 g/mol. The van der Waals surface area contributed by atoms with Crippen molar-refractivity contribution in [3.8, 4) is 0 Å². The van der Waals surface area contributed by atoms with Crippen molar-refractivity contribution in [2.45, 2.75) is 51.4 Å². The SMILES string of the molecule is CC(=O)OC[C@H]1O[C@H](O)[C@H]([N+](C)(C)C)[C@@H](OC(C)=O)[C@@H]1OC(C)=O.[Cl-]. The molecule has 0 aromatic carbocycles. The van der Waals surface area contributed by atoms with Crippen LogP contribution < -0.4 is 12.4 Å². The van der Waals surface area contributed by atoms with Crippen LogP contribution in [0.3, 0.4) is 0 Å². The second kappa shape index (κ2) is 9.33. The third kappa shape index (κ3) is 6.77. The molecule has 0 spiro atoms. The first kappa shape index (κ1) is 23.6. The Balaban J connectivity index is 0.00000576.